The standard InChI is InChI=1S/C15H25N3O3/c1-11(2)10-18(9-3-8-16)15(21)17-13-6-4-12(5-7-13)14(19)20/h11-13H,3-7,9-10H2,1-2H3,(H,17,21)(H,19,20). The SMILES string of the molecule is CC(C)CN(CCC#N)C(=O)NC1CCC(C(=O)O)CC1. The largest absolute Gasteiger partial charge is 0.481 e. The van der Waals surface area contributed by atoms with E-state index in [9.17, 15) is 9.59 Å². The van der Waals surface area contributed by atoms with E-state index < -0.39 is 5.97 Å². The molecule has 0 saturated heterocycles. The number of rotatable bonds is 6. The molecule has 0 aromatic rings. The molecular weight excluding hydrogens is 270 g/mol. The lowest BCUT2D eigenvalue weighted by Crippen LogP contribution is -2.47. The van der Waals surface area contributed by atoms with E-state index in [0.29, 0.717) is 51.1 Å². The summed E-state index contributed by atoms with van der Waals surface area (Å²) in [5.74, 6) is -0.670. The molecule has 118 valence electrons. The maximum atomic E-state index is 12.3. The van der Waals surface area contributed by atoms with Gasteiger partial charge in [-0.1, -0.05) is 13.8 Å². The lowest BCUT2D eigenvalue weighted by molar-refractivity contribution is -0.142. The van der Waals surface area contributed by atoms with Gasteiger partial charge in [0.1, 0.15) is 0 Å². The minimum atomic E-state index is -0.741. The molecule has 1 aliphatic rings. The molecule has 0 radical (unpaired) electrons. The number of aliphatic carboxylic acids is 1. The van der Waals surface area contributed by atoms with Gasteiger partial charge in [-0.3, -0.25) is 4.79 Å². The van der Waals surface area contributed by atoms with Crippen LogP contribution in [0.4, 0.5) is 4.79 Å². The second kappa shape index (κ2) is 8.50. The predicted molar refractivity (Wildman–Crippen MR) is 78.6 cm³/mol. The summed E-state index contributed by atoms with van der Waals surface area (Å²) in [6.45, 7) is 5.12. The Morgan fingerprint density at radius 1 is 1.33 bits per heavy atom. The zero-order chi connectivity index (χ0) is 15.8. The molecule has 2 amide bonds. The maximum absolute atomic E-state index is 12.3. The van der Waals surface area contributed by atoms with Gasteiger partial charge < -0.3 is 15.3 Å². The lowest BCUT2D eigenvalue weighted by atomic mass is 9.86. The lowest BCUT2D eigenvalue weighted by Gasteiger charge is -2.30. The van der Waals surface area contributed by atoms with Gasteiger partial charge in [0, 0.05) is 19.1 Å². The van der Waals surface area contributed by atoms with Crippen LogP contribution < -0.4 is 5.32 Å². The minimum absolute atomic E-state index is 0.0462. The zero-order valence-corrected chi connectivity index (χ0v) is 12.8. The first kappa shape index (κ1) is 17.3. The quantitative estimate of drug-likeness (QED) is 0.785. The molecule has 1 aliphatic carbocycles. The average Bonchev–Trinajstić information content (AvgIpc) is 2.43. The fraction of sp³-hybridized carbons (Fsp3) is 0.800. The maximum Gasteiger partial charge on any atom is 0.317 e. The first-order valence-electron chi connectivity index (χ1n) is 7.59. The fourth-order valence-corrected chi connectivity index (χ4v) is 2.65. The Bertz CT molecular complexity index is 395. The van der Waals surface area contributed by atoms with Gasteiger partial charge in [0.05, 0.1) is 18.4 Å². The van der Waals surface area contributed by atoms with E-state index in [-0.39, 0.29) is 18.0 Å². The van der Waals surface area contributed by atoms with Gasteiger partial charge >= 0.3 is 12.0 Å². The number of nitrogens with one attached hydrogen (secondary N) is 1. The van der Waals surface area contributed by atoms with Crippen molar-refractivity contribution >= 4 is 12.0 Å². The van der Waals surface area contributed by atoms with Crippen LogP contribution in [0.3, 0.4) is 0 Å². The third-order valence-electron chi connectivity index (χ3n) is 3.77. The minimum Gasteiger partial charge on any atom is -0.481 e. The van der Waals surface area contributed by atoms with Crippen molar-refractivity contribution in [3.8, 4) is 6.07 Å². The van der Waals surface area contributed by atoms with Crippen LogP contribution in [-0.2, 0) is 4.79 Å². The number of carbonyl (C=O) groups excluding carboxylic acids is 1. The number of hydrogen-bond donors (Lipinski definition) is 2. The predicted octanol–water partition coefficient (Wildman–Crippen LogP) is 2.21. The van der Waals surface area contributed by atoms with Crippen LogP contribution in [0.2, 0.25) is 0 Å². The molecule has 2 N–H and O–H groups in total. The van der Waals surface area contributed by atoms with Crippen LogP contribution >= 0.6 is 0 Å². The topological polar surface area (TPSA) is 93.4 Å². The first-order chi connectivity index (χ1) is 9.93. The highest BCUT2D eigenvalue weighted by Gasteiger charge is 2.27. The Morgan fingerprint density at radius 2 is 1.95 bits per heavy atom. The van der Waals surface area contributed by atoms with Crippen molar-refractivity contribution in [3.63, 3.8) is 0 Å². The monoisotopic (exact) mass is 295 g/mol. The molecule has 0 aromatic heterocycles. The number of carboxylic acid groups (broad SMARTS) is 1. The molecule has 0 bridgehead atoms. The first-order valence-corrected chi connectivity index (χ1v) is 7.59. The van der Waals surface area contributed by atoms with E-state index >= 15 is 0 Å². The van der Waals surface area contributed by atoms with E-state index in [4.69, 9.17) is 10.4 Å². The van der Waals surface area contributed by atoms with Crippen molar-refractivity contribution in [1.29, 1.82) is 5.26 Å². The molecule has 1 saturated carbocycles. The fourth-order valence-electron chi connectivity index (χ4n) is 2.65. The summed E-state index contributed by atoms with van der Waals surface area (Å²) < 4.78 is 0. The van der Waals surface area contributed by atoms with E-state index in [0.717, 1.165) is 0 Å². The summed E-state index contributed by atoms with van der Waals surface area (Å²) in [5, 5.41) is 20.6. The number of urea groups is 1. The van der Waals surface area contributed by atoms with Crippen molar-refractivity contribution in [2.24, 2.45) is 11.8 Å². The van der Waals surface area contributed by atoms with Gasteiger partial charge in [-0.05, 0) is 31.6 Å². The molecule has 6 heteroatoms. The molecule has 6 nitrogen and oxygen atoms in total. The molecule has 1 rings (SSSR count). The number of amides is 2. The number of hydrogen-bond acceptors (Lipinski definition) is 3. The van der Waals surface area contributed by atoms with Crippen LogP contribution in [0.15, 0.2) is 0 Å². The Kier molecular flexibility index (Phi) is 7.00. The Balaban J connectivity index is 2.46. The molecular formula is C15H25N3O3. The Morgan fingerprint density at radius 3 is 2.43 bits per heavy atom. The average molecular weight is 295 g/mol. The number of carboxylic acids is 1. The second-order valence-electron chi connectivity index (χ2n) is 6.08. The summed E-state index contributed by atoms with van der Waals surface area (Å²) in [6, 6.07) is 1.97. The second-order valence-corrected chi connectivity index (χ2v) is 6.08. The molecule has 0 atom stereocenters. The molecule has 1 fully saturated rings. The van der Waals surface area contributed by atoms with Crippen LogP contribution in [0.5, 0.6) is 0 Å². The molecule has 0 spiro atoms. The van der Waals surface area contributed by atoms with Gasteiger partial charge in [-0.15, -0.1) is 0 Å². The molecule has 0 aliphatic heterocycles. The highest BCUT2D eigenvalue weighted by molar-refractivity contribution is 5.74. The molecule has 0 heterocycles. The molecule has 21 heavy (non-hydrogen) atoms. The van der Waals surface area contributed by atoms with Crippen molar-refractivity contribution in [2.75, 3.05) is 13.1 Å². The van der Waals surface area contributed by atoms with Crippen molar-refractivity contribution in [1.82, 2.24) is 10.2 Å². The van der Waals surface area contributed by atoms with Gasteiger partial charge in [0.15, 0.2) is 0 Å². The number of nitriles is 1. The number of carbonyl (C=O) groups is 2. The highest BCUT2D eigenvalue weighted by atomic mass is 16.4. The van der Waals surface area contributed by atoms with Crippen LogP contribution in [0, 0.1) is 23.2 Å². The zero-order valence-electron chi connectivity index (χ0n) is 12.8. The highest BCUT2D eigenvalue weighted by Crippen LogP contribution is 2.24. The summed E-state index contributed by atoms with van der Waals surface area (Å²) in [7, 11) is 0. The molecule has 0 aromatic carbocycles. The van der Waals surface area contributed by atoms with E-state index in [1.165, 1.54) is 0 Å². The number of nitrogens with zero attached hydrogens (tertiary/aromatic N) is 2. The van der Waals surface area contributed by atoms with Gasteiger partial charge in [-0.2, -0.15) is 5.26 Å². The normalized spacial score (nSPS) is 21.6. The summed E-state index contributed by atoms with van der Waals surface area (Å²) >= 11 is 0. The van der Waals surface area contributed by atoms with Gasteiger partial charge in [0.2, 0.25) is 0 Å². The third-order valence-corrected chi connectivity index (χ3v) is 3.77. The van der Waals surface area contributed by atoms with E-state index in [1.807, 2.05) is 13.8 Å². The summed E-state index contributed by atoms with van der Waals surface area (Å²) in [6.07, 6.45) is 2.96. The summed E-state index contributed by atoms with van der Waals surface area (Å²) in [4.78, 5) is 24.8. The van der Waals surface area contributed by atoms with Crippen LogP contribution in [-0.4, -0.2) is 41.1 Å². The van der Waals surface area contributed by atoms with Crippen molar-refractivity contribution in [2.45, 2.75) is 52.0 Å². The van der Waals surface area contributed by atoms with Crippen LogP contribution in [0.1, 0.15) is 46.0 Å². The Labute approximate surface area is 126 Å². The summed E-state index contributed by atoms with van der Waals surface area (Å²) in [5.41, 5.74) is 0. The molecule has 0 unspecified atom stereocenters. The smallest absolute Gasteiger partial charge is 0.317 e. The van der Waals surface area contributed by atoms with Crippen molar-refractivity contribution in [3.05, 3.63) is 0 Å². The Hall–Kier alpha value is -1.77. The van der Waals surface area contributed by atoms with Gasteiger partial charge in [0.25, 0.3) is 0 Å². The third kappa shape index (κ3) is 6.03. The van der Waals surface area contributed by atoms with Crippen LogP contribution in [0.25, 0.3) is 0 Å². The van der Waals surface area contributed by atoms with Gasteiger partial charge in [-0.25, -0.2) is 4.79 Å². The van der Waals surface area contributed by atoms with Crippen molar-refractivity contribution < 1.29 is 14.7 Å². The van der Waals surface area contributed by atoms with E-state index in [2.05, 4.69) is 11.4 Å². The van der Waals surface area contributed by atoms with E-state index in [1.54, 1.807) is 4.90 Å².